The van der Waals surface area contributed by atoms with Gasteiger partial charge in [-0.25, -0.2) is 0 Å². The van der Waals surface area contributed by atoms with Crippen molar-refractivity contribution >= 4 is 14.4 Å². The maximum atomic E-state index is 8.68. The number of hydrogen-bond donors (Lipinski definition) is 1. The van der Waals surface area contributed by atoms with E-state index in [1.807, 2.05) is 24.3 Å². The van der Waals surface area contributed by atoms with Crippen molar-refractivity contribution in [1.82, 2.24) is 0 Å². The van der Waals surface area contributed by atoms with Crippen LogP contribution in [0.25, 0.3) is 6.08 Å². The minimum Gasteiger partial charge on any atom is -0.544 e. The quantitative estimate of drug-likeness (QED) is 0.627. The van der Waals surface area contributed by atoms with Crippen LogP contribution in [0.4, 0.5) is 0 Å². The molecule has 1 aromatic carbocycles. The molecule has 17 heavy (non-hydrogen) atoms. The summed E-state index contributed by atoms with van der Waals surface area (Å²) >= 11 is 0. The summed E-state index contributed by atoms with van der Waals surface area (Å²) in [6.07, 6.45) is 2.69. The lowest BCUT2D eigenvalue weighted by atomic mass is 10.2. The molecule has 1 aromatic rings. The Kier molecular flexibility index (Phi) is 4.04. The Morgan fingerprint density at radius 3 is 2.06 bits per heavy atom. The third-order valence-corrected chi connectivity index (χ3v) is 7.68. The topological polar surface area (TPSA) is 29.5 Å². The molecule has 0 fully saturated rings. The average Bonchev–Trinajstić information content (AvgIpc) is 2.19. The highest BCUT2D eigenvalue weighted by Crippen LogP contribution is 2.37. The molecule has 0 bridgehead atoms. The zero-order valence-electron chi connectivity index (χ0n) is 11.3. The molecule has 1 rings (SSSR count). The Morgan fingerprint density at radius 2 is 1.65 bits per heavy atom. The first-order valence-corrected chi connectivity index (χ1v) is 8.77. The smallest absolute Gasteiger partial charge is 0.250 e. The molecule has 0 saturated heterocycles. The van der Waals surface area contributed by atoms with Gasteiger partial charge in [-0.05, 0) is 41.9 Å². The molecular weight excluding hydrogens is 228 g/mol. The van der Waals surface area contributed by atoms with Crippen LogP contribution in [0.3, 0.4) is 0 Å². The van der Waals surface area contributed by atoms with E-state index in [4.69, 9.17) is 9.53 Å². The lowest BCUT2D eigenvalue weighted by Crippen LogP contribution is -2.43. The van der Waals surface area contributed by atoms with Crippen molar-refractivity contribution in [2.45, 2.75) is 38.9 Å². The Labute approximate surface area is 105 Å². The van der Waals surface area contributed by atoms with Gasteiger partial charge in [0.2, 0.25) is 8.32 Å². The van der Waals surface area contributed by atoms with Gasteiger partial charge in [-0.2, -0.15) is 0 Å². The molecule has 0 radical (unpaired) electrons. The monoisotopic (exact) mass is 250 g/mol. The van der Waals surface area contributed by atoms with Crippen LogP contribution in [0.15, 0.2) is 30.5 Å². The molecular formula is C14H22O2Si. The Morgan fingerprint density at radius 1 is 1.12 bits per heavy atom. The van der Waals surface area contributed by atoms with Crippen LogP contribution in [0, 0.1) is 0 Å². The highest BCUT2D eigenvalue weighted by atomic mass is 28.4. The first-order valence-electron chi connectivity index (χ1n) is 5.86. The van der Waals surface area contributed by atoms with Gasteiger partial charge in [0.1, 0.15) is 5.75 Å². The van der Waals surface area contributed by atoms with Crippen LogP contribution in [-0.4, -0.2) is 13.4 Å². The van der Waals surface area contributed by atoms with Crippen molar-refractivity contribution in [3.05, 3.63) is 36.1 Å². The summed E-state index contributed by atoms with van der Waals surface area (Å²) in [5, 5.41) is 8.88. The molecule has 0 atom stereocenters. The van der Waals surface area contributed by atoms with E-state index in [2.05, 4.69) is 33.9 Å². The normalized spacial score (nSPS) is 13.0. The number of hydrogen-bond acceptors (Lipinski definition) is 2. The van der Waals surface area contributed by atoms with Crippen molar-refractivity contribution in [3.63, 3.8) is 0 Å². The van der Waals surface area contributed by atoms with Crippen molar-refractivity contribution in [2.24, 2.45) is 0 Å². The molecule has 0 spiro atoms. The molecule has 0 amide bonds. The van der Waals surface area contributed by atoms with Gasteiger partial charge in [0.25, 0.3) is 0 Å². The van der Waals surface area contributed by atoms with E-state index in [9.17, 15) is 0 Å². The zero-order chi connectivity index (χ0) is 13.1. The molecule has 0 saturated carbocycles. The average molecular weight is 250 g/mol. The van der Waals surface area contributed by atoms with Gasteiger partial charge >= 0.3 is 0 Å². The SMILES string of the molecule is CC(C)(C)[Si](C)(C)Oc1ccc(/C=C/O)cc1. The summed E-state index contributed by atoms with van der Waals surface area (Å²) in [6.45, 7) is 11.1. The maximum absolute atomic E-state index is 8.68. The van der Waals surface area contributed by atoms with Crippen molar-refractivity contribution in [3.8, 4) is 5.75 Å². The molecule has 3 heteroatoms. The Bertz CT molecular complexity index is 386. The van der Waals surface area contributed by atoms with Gasteiger partial charge in [-0.3, -0.25) is 0 Å². The summed E-state index contributed by atoms with van der Waals surface area (Å²) in [5.74, 6) is 0.909. The zero-order valence-corrected chi connectivity index (χ0v) is 12.3. The molecule has 0 aromatic heterocycles. The van der Waals surface area contributed by atoms with E-state index in [-0.39, 0.29) is 5.04 Å². The molecule has 0 aliphatic rings. The van der Waals surface area contributed by atoms with E-state index in [0.29, 0.717) is 0 Å². The van der Waals surface area contributed by atoms with Gasteiger partial charge in [0, 0.05) is 0 Å². The summed E-state index contributed by atoms with van der Waals surface area (Å²) in [4.78, 5) is 0. The highest BCUT2D eigenvalue weighted by molar-refractivity contribution is 6.74. The molecule has 0 aliphatic heterocycles. The fraction of sp³-hybridized carbons (Fsp3) is 0.429. The molecule has 0 unspecified atom stereocenters. The van der Waals surface area contributed by atoms with Crippen LogP contribution < -0.4 is 4.43 Å². The fourth-order valence-corrected chi connectivity index (χ4v) is 2.21. The van der Waals surface area contributed by atoms with E-state index in [0.717, 1.165) is 17.6 Å². The summed E-state index contributed by atoms with van der Waals surface area (Å²) in [5.41, 5.74) is 0.968. The summed E-state index contributed by atoms with van der Waals surface area (Å²) in [6, 6.07) is 7.79. The Balaban J connectivity index is 2.83. The molecule has 0 heterocycles. The summed E-state index contributed by atoms with van der Waals surface area (Å²) < 4.78 is 6.15. The number of aliphatic hydroxyl groups is 1. The van der Waals surface area contributed by atoms with E-state index in [1.165, 1.54) is 0 Å². The first kappa shape index (κ1) is 13.8. The highest BCUT2D eigenvalue weighted by Gasteiger charge is 2.38. The predicted molar refractivity (Wildman–Crippen MR) is 75.9 cm³/mol. The third-order valence-electron chi connectivity index (χ3n) is 3.33. The Hall–Kier alpha value is -1.22. The second kappa shape index (κ2) is 4.96. The standard InChI is InChI=1S/C14H22O2Si/c1-14(2,3)17(4,5)16-13-8-6-12(7-9-13)10-11-15/h6-11,15H,1-5H3/b11-10+. The van der Waals surface area contributed by atoms with Gasteiger partial charge in [-0.15, -0.1) is 0 Å². The van der Waals surface area contributed by atoms with Crippen LogP contribution in [-0.2, 0) is 0 Å². The van der Waals surface area contributed by atoms with Crippen LogP contribution >= 0.6 is 0 Å². The number of rotatable bonds is 3. The largest absolute Gasteiger partial charge is 0.544 e. The second-order valence-corrected chi connectivity index (χ2v) is 10.5. The van der Waals surface area contributed by atoms with Gasteiger partial charge in [0.15, 0.2) is 0 Å². The number of aliphatic hydroxyl groups excluding tert-OH is 1. The van der Waals surface area contributed by atoms with Crippen LogP contribution in [0.5, 0.6) is 5.75 Å². The van der Waals surface area contributed by atoms with Crippen LogP contribution in [0.1, 0.15) is 26.3 Å². The van der Waals surface area contributed by atoms with Crippen molar-refractivity contribution in [1.29, 1.82) is 0 Å². The molecule has 2 nitrogen and oxygen atoms in total. The minimum absolute atomic E-state index is 0.205. The predicted octanol–water partition coefficient (Wildman–Crippen LogP) is 4.60. The molecule has 0 aliphatic carbocycles. The number of benzene rings is 1. The van der Waals surface area contributed by atoms with Gasteiger partial charge in [-0.1, -0.05) is 32.9 Å². The van der Waals surface area contributed by atoms with Crippen molar-refractivity contribution < 1.29 is 9.53 Å². The minimum atomic E-state index is -1.75. The fourth-order valence-electron chi connectivity index (χ4n) is 1.18. The molecule has 1 N–H and O–H groups in total. The first-order chi connectivity index (χ1) is 7.76. The molecule has 94 valence electrons. The lowest BCUT2D eigenvalue weighted by Gasteiger charge is -2.36. The van der Waals surface area contributed by atoms with E-state index in [1.54, 1.807) is 6.08 Å². The lowest BCUT2D eigenvalue weighted by molar-refractivity contribution is 0.478. The second-order valence-electron chi connectivity index (χ2n) is 5.75. The maximum Gasteiger partial charge on any atom is 0.250 e. The van der Waals surface area contributed by atoms with Crippen molar-refractivity contribution in [2.75, 3.05) is 0 Å². The van der Waals surface area contributed by atoms with Gasteiger partial charge in [0.05, 0.1) is 6.26 Å². The van der Waals surface area contributed by atoms with E-state index >= 15 is 0 Å². The summed E-state index contributed by atoms with van der Waals surface area (Å²) in [7, 11) is -1.75. The van der Waals surface area contributed by atoms with E-state index < -0.39 is 8.32 Å². The van der Waals surface area contributed by atoms with Gasteiger partial charge < -0.3 is 9.53 Å². The third kappa shape index (κ3) is 3.63. The van der Waals surface area contributed by atoms with Crippen LogP contribution in [0.2, 0.25) is 18.1 Å².